The van der Waals surface area contributed by atoms with E-state index >= 15 is 0 Å². The molecule has 2 amide bonds. The molecule has 1 aromatic heterocycles. The maximum atomic E-state index is 12.1. The van der Waals surface area contributed by atoms with Crippen molar-refractivity contribution >= 4 is 34.1 Å². The quantitative estimate of drug-likeness (QED) is 0.715. The molecule has 5 nitrogen and oxygen atoms in total. The van der Waals surface area contributed by atoms with Gasteiger partial charge in [0.1, 0.15) is 0 Å². The Bertz CT molecular complexity index is 885. The molecule has 23 heavy (non-hydrogen) atoms. The fourth-order valence-electron chi connectivity index (χ4n) is 2.28. The zero-order valence-corrected chi connectivity index (χ0v) is 12.5. The summed E-state index contributed by atoms with van der Waals surface area (Å²) in [7, 11) is 0. The number of nitrogens with one attached hydrogen (secondary N) is 2. The van der Waals surface area contributed by atoms with Gasteiger partial charge in [-0.05, 0) is 30.7 Å². The van der Waals surface area contributed by atoms with Gasteiger partial charge < -0.3 is 10.6 Å². The summed E-state index contributed by atoms with van der Waals surface area (Å²) < 4.78 is 0. The number of pyridine rings is 1. The van der Waals surface area contributed by atoms with E-state index in [1.165, 1.54) is 0 Å². The van der Waals surface area contributed by atoms with E-state index in [1.807, 2.05) is 37.3 Å². The lowest BCUT2D eigenvalue weighted by Crippen LogP contribution is -2.29. The number of nitrogens with zero attached hydrogens (tertiary/aromatic N) is 1. The van der Waals surface area contributed by atoms with Gasteiger partial charge in [-0.3, -0.25) is 14.6 Å². The number of hydrogen-bond acceptors (Lipinski definition) is 3. The van der Waals surface area contributed by atoms with E-state index in [-0.39, 0.29) is 0 Å². The molecule has 0 atom stereocenters. The molecule has 2 N–H and O–H groups in total. The first kappa shape index (κ1) is 14.7. The Morgan fingerprint density at radius 3 is 2.26 bits per heavy atom. The van der Waals surface area contributed by atoms with Gasteiger partial charge in [-0.1, -0.05) is 36.4 Å². The van der Waals surface area contributed by atoms with Gasteiger partial charge in [0, 0.05) is 17.3 Å². The number of rotatable bonds is 2. The molecule has 0 bridgehead atoms. The van der Waals surface area contributed by atoms with Gasteiger partial charge in [-0.2, -0.15) is 0 Å². The molecule has 5 heteroatoms. The molecule has 3 aromatic rings. The third kappa shape index (κ3) is 3.18. The molecule has 0 aliphatic carbocycles. The minimum absolute atomic E-state index is 0.507. The van der Waals surface area contributed by atoms with Crippen LogP contribution in [0.2, 0.25) is 0 Å². The van der Waals surface area contributed by atoms with Crippen LogP contribution in [-0.2, 0) is 9.59 Å². The van der Waals surface area contributed by atoms with Crippen molar-refractivity contribution in [1.82, 2.24) is 4.98 Å². The lowest BCUT2D eigenvalue weighted by molar-refractivity contribution is -0.132. The third-order valence-electron chi connectivity index (χ3n) is 3.48. The van der Waals surface area contributed by atoms with E-state index in [0.29, 0.717) is 16.9 Å². The zero-order chi connectivity index (χ0) is 16.2. The Kier molecular flexibility index (Phi) is 4.01. The minimum Gasteiger partial charge on any atom is -0.318 e. The molecule has 0 spiro atoms. The number of benzene rings is 2. The number of fused-ring (bicyclic) bond motifs is 1. The van der Waals surface area contributed by atoms with Crippen molar-refractivity contribution in [2.24, 2.45) is 0 Å². The molecule has 0 saturated heterocycles. The Morgan fingerprint density at radius 2 is 1.48 bits per heavy atom. The second kappa shape index (κ2) is 6.27. The van der Waals surface area contributed by atoms with Crippen molar-refractivity contribution in [3.8, 4) is 0 Å². The highest BCUT2D eigenvalue weighted by molar-refractivity contribution is 6.44. The number of carbonyl (C=O) groups excluding carboxylic acids is 2. The second-order valence-corrected chi connectivity index (χ2v) is 5.10. The topological polar surface area (TPSA) is 71.1 Å². The van der Waals surface area contributed by atoms with Gasteiger partial charge in [-0.25, -0.2) is 0 Å². The molecular formula is C18H15N3O2. The number of aryl methyl sites for hydroxylation is 1. The van der Waals surface area contributed by atoms with Crippen LogP contribution in [0.4, 0.5) is 11.4 Å². The van der Waals surface area contributed by atoms with Crippen LogP contribution >= 0.6 is 0 Å². The fraction of sp³-hybridized carbons (Fsp3) is 0.0556. The van der Waals surface area contributed by atoms with E-state index in [1.54, 1.807) is 30.5 Å². The normalized spacial score (nSPS) is 10.3. The summed E-state index contributed by atoms with van der Waals surface area (Å²) in [5.41, 5.74) is 2.66. The summed E-state index contributed by atoms with van der Waals surface area (Å²) in [4.78, 5) is 28.4. The molecule has 0 unspecified atom stereocenters. The molecule has 0 radical (unpaired) electrons. The Morgan fingerprint density at radius 1 is 0.826 bits per heavy atom. The molecular weight excluding hydrogens is 290 g/mol. The number of hydrogen-bond donors (Lipinski definition) is 2. The predicted molar refractivity (Wildman–Crippen MR) is 90.2 cm³/mol. The molecule has 0 saturated carbocycles. The highest BCUT2D eigenvalue weighted by Gasteiger charge is 2.16. The van der Waals surface area contributed by atoms with Gasteiger partial charge in [0.05, 0.1) is 11.2 Å². The molecule has 0 aliphatic rings. The number of para-hydroxylation sites is 2. The predicted octanol–water partition coefficient (Wildman–Crippen LogP) is 3.12. The van der Waals surface area contributed by atoms with Crippen LogP contribution in [-0.4, -0.2) is 16.8 Å². The second-order valence-electron chi connectivity index (χ2n) is 5.10. The van der Waals surface area contributed by atoms with Crippen LogP contribution in [0.25, 0.3) is 10.9 Å². The highest BCUT2D eigenvalue weighted by Crippen LogP contribution is 2.20. The van der Waals surface area contributed by atoms with Gasteiger partial charge in [-0.15, -0.1) is 0 Å². The van der Waals surface area contributed by atoms with Crippen LogP contribution in [0.15, 0.2) is 60.8 Å². The monoisotopic (exact) mass is 305 g/mol. The van der Waals surface area contributed by atoms with E-state index < -0.39 is 11.8 Å². The molecule has 1 heterocycles. The largest absolute Gasteiger partial charge is 0.318 e. The molecule has 2 aromatic carbocycles. The highest BCUT2D eigenvalue weighted by atomic mass is 16.2. The van der Waals surface area contributed by atoms with Gasteiger partial charge in [0.15, 0.2) is 0 Å². The van der Waals surface area contributed by atoms with E-state index in [0.717, 1.165) is 10.9 Å². The standard InChI is InChI=1S/C18H15N3O2/c1-12-6-2-3-9-14(12)20-17(22)18(23)21-15-10-4-7-13-8-5-11-19-16(13)15/h2-11H,1H3,(H,20,22)(H,21,23). The fourth-order valence-corrected chi connectivity index (χ4v) is 2.28. The lowest BCUT2D eigenvalue weighted by Gasteiger charge is -2.09. The van der Waals surface area contributed by atoms with Gasteiger partial charge >= 0.3 is 11.8 Å². The van der Waals surface area contributed by atoms with Crippen molar-refractivity contribution in [2.45, 2.75) is 6.92 Å². The summed E-state index contributed by atoms with van der Waals surface area (Å²) in [6.45, 7) is 1.86. The lowest BCUT2D eigenvalue weighted by atomic mass is 10.2. The van der Waals surface area contributed by atoms with E-state index in [4.69, 9.17) is 0 Å². The maximum Gasteiger partial charge on any atom is 0.314 e. The van der Waals surface area contributed by atoms with Gasteiger partial charge in [0.25, 0.3) is 0 Å². The van der Waals surface area contributed by atoms with Crippen LogP contribution in [0.5, 0.6) is 0 Å². The number of amides is 2. The van der Waals surface area contributed by atoms with Crippen LogP contribution in [0.3, 0.4) is 0 Å². The zero-order valence-electron chi connectivity index (χ0n) is 12.5. The average molecular weight is 305 g/mol. The van der Waals surface area contributed by atoms with Gasteiger partial charge in [0.2, 0.25) is 0 Å². The Hall–Kier alpha value is -3.21. The summed E-state index contributed by atoms with van der Waals surface area (Å²) in [5.74, 6) is -1.45. The summed E-state index contributed by atoms with van der Waals surface area (Å²) in [5, 5.41) is 6.11. The number of aromatic nitrogens is 1. The van der Waals surface area contributed by atoms with Crippen molar-refractivity contribution in [2.75, 3.05) is 10.6 Å². The molecule has 0 aliphatic heterocycles. The van der Waals surface area contributed by atoms with Crippen molar-refractivity contribution in [3.63, 3.8) is 0 Å². The minimum atomic E-state index is -0.730. The summed E-state index contributed by atoms with van der Waals surface area (Å²) >= 11 is 0. The Balaban J connectivity index is 1.78. The summed E-state index contributed by atoms with van der Waals surface area (Å²) in [6.07, 6.45) is 1.64. The molecule has 3 rings (SSSR count). The van der Waals surface area contributed by atoms with E-state index in [2.05, 4.69) is 15.6 Å². The van der Waals surface area contributed by atoms with Crippen LogP contribution in [0, 0.1) is 6.92 Å². The first-order valence-electron chi connectivity index (χ1n) is 7.17. The van der Waals surface area contributed by atoms with Crippen LogP contribution in [0.1, 0.15) is 5.56 Å². The molecule has 114 valence electrons. The van der Waals surface area contributed by atoms with E-state index in [9.17, 15) is 9.59 Å². The van der Waals surface area contributed by atoms with Crippen LogP contribution < -0.4 is 10.6 Å². The third-order valence-corrected chi connectivity index (χ3v) is 3.48. The smallest absolute Gasteiger partial charge is 0.314 e. The number of anilines is 2. The SMILES string of the molecule is Cc1ccccc1NC(=O)C(=O)Nc1cccc2cccnc12. The first-order chi connectivity index (χ1) is 11.1. The number of carbonyl (C=O) groups is 2. The van der Waals surface area contributed by atoms with Crippen molar-refractivity contribution in [1.29, 1.82) is 0 Å². The summed E-state index contributed by atoms with van der Waals surface area (Å²) in [6, 6.07) is 16.4. The molecule has 0 fully saturated rings. The van der Waals surface area contributed by atoms with Crippen molar-refractivity contribution < 1.29 is 9.59 Å². The average Bonchev–Trinajstić information content (AvgIpc) is 2.57. The Labute approximate surface area is 133 Å². The maximum absolute atomic E-state index is 12.1. The van der Waals surface area contributed by atoms with Crippen molar-refractivity contribution in [3.05, 3.63) is 66.4 Å². The first-order valence-corrected chi connectivity index (χ1v) is 7.17.